The molecule has 0 aliphatic rings. The maximum atomic E-state index is 11.7. The molecule has 0 bridgehead atoms. The van der Waals surface area contributed by atoms with Crippen LogP contribution in [0, 0.1) is 0 Å². The third-order valence-corrected chi connectivity index (χ3v) is 3.39. The number of nitrogens with two attached hydrogens (primary N) is 1. The van der Waals surface area contributed by atoms with Gasteiger partial charge in [0.25, 0.3) is 0 Å². The van der Waals surface area contributed by atoms with Crippen molar-refractivity contribution >= 4 is 20.9 Å². The van der Waals surface area contributed by atoms with Gasteiger partial charge >= 0.3 is 10.1 Å². The van der Waals surface area contributed by atoms with Gasteiger partial charge < -0.3 is 0 Å². The number of hydrazine groups is 1. The first kappa shape index (κ1) is 11.0. The van der Waals surface area contributed by atoms with Crippen molar-refractivity contribution in [2.45, 2.75) is 4.90 Å². The zero-order chi connectivity index (χ0) is 11.6. The second-order valence-electron chi connectivity index (χ2n) is 3.13. The second kappa shape index (κ2) is 4.18. The van der Waals surface area contributed by atoms with E-state index in [4.69, 9.17) is 5.84 Å². The summed E-state index contributed by atoms with van der Waals surface area (Å²) in [6.07, 6.45) is 0. The Morgan fingerprint density at radius 2 is 1.75 bits per heavy atom. The summed E-state index contributed by atoms with van der Waals surface area (Å²) in [6.45, 7) is 0. The molecule has 0 aliphatic heterocycles. The molecule has 16 heavy (non-hydrogen) atoms. The quantitative estimate of drug-likeness (QED) is 0.614. The largest absolute Gasteiger partial charge is 0.314 e. The molecule has 0 aromatic heterocycles. The molecule has 3 N–H and O–H groups in total. The van der Waals surface area contributed by atoms with Crippen LogP contribution < -0.4 is 11.4 Å². The highest BCUT2D eigenvalue weighted by Crippen LogP contribution is 2.23. The fourth-order valence-electron chi connectivity index (χ4n) is 1.52. The van der Waals surface area contributed by atoms with Crippen LogP contribution in [0.1, 0.15) is 0 Å². The third kappa shape index (κ3) is 1.91. The molecule has 2 rings (SSSR count). The van der Waals surface area contributed by atoms with Crippen LogP contribution in [0.2, 0.25) is 0 Å². The predicted molar refractivity (Wildman–Crippen MR) is 59.5 cm³/mol. The Bertz CT molecular complexity index is 605. The second-order valence-corrected chi connectivity index (χ2v) is 4.65. The first-order valence-corrected chi connectivity index (χ1v) is 5.93. The minimum absolute atomic E-state index is 0.0866. The normalized spacial score (nSPS) is 11.8. The standard InChI is InChI=1S/C10H10N2O3S/c11-12-15-16(13,14)10-7-3-5-8-4-1-2-6-9(8)10/h1-7,12H,11H2. The summed E-state index contributed by atoms with van der Waals surface area (Å²) in [5.74, 6) is 4.84. The molecule has 0 amide bonds. The van der Waals surface area contributed by atoms with E-state index >= 15 is 0 Å². The van der Waals surface area contributed by atoms with Crippen LogP contribution in [0.15, 0.2) is 47.4 Å². The summed E-state index contributed by atoms with van der Waals surface area (Å²) in [5, 5.41) is 1.42. The van der Waals surface area contributed by atoms with Gasteiger partial charge in [0.15, 0.2) is 0 Å². The van der Waals surface area contributed by atoms with Crippen molar-refractivity contribution in [2.75, 3.05) is 0 Å². The third-order valence-electron chi connectivity index (χ3n) is 2.18. The SMILES string of the molecule is NNOS(=O)(=O)c1cccc2ccccc12. The molecule has 6 heteroatoms. The van der Waals surface area contributed by atoms with Crippen LogP contribution in [-0.2, 0) is 14.4 Å². The fourth-order valence-corrected chi connectivity index (χ4v) is 2.44. The van der Waals surface area contributed by atoms with Gasteiger partial charge in [0.1, 0.15) is 4.90 Å². The van der Waals surface area contributed by atoms with Crippen molar-refractivity contribution in [1.29, 1.82) is 0 Å². The summed E-state index contributed by atoms with van der Waals surface area (Å²) in [7, 11) is -3.87. The number of rotatable bonds is 3. The zero-order valence-electron chi connectivity index (χ0n) is 8.25. The lowest BCUT2D eigenvalue weighted by atomic mass is 10.1. The number of benzene rings is 2. The molecule has 84 valence electrons. The van der Waals surface area contributed by atoms with Crippen LogP contribution in [0.4, 0.5) is 0 Å². The van der Waals surface area contributed by atoms with Crippen molar-refractivity contribution in [3.05, 3.63) is 42.5 Å². The minimum Gasteiger partial charge on any atom is -0.247 e. The van der Waals surface area contributed by atoms with Crippen molar-refractivity contribution in [1.82, 2.24) is 5.59 Å². The molecule has 0 atom stereocenters. The van der Waals surface area contributed by atoms with E-state index in [0.29, 0.717) is 5.39 Å². The van der Waals surface area contributed by atoms with E-state index in [1.807, 2.05) is 18.2 Å². The van der Waals surface area contributed by atoms with E-state index in [0.717, 1.165) is 5.39 Å². The molecule has 2 aromatic rings. The Kier molecular flexibility index (Phi) is 2.88. The molecule has 0 fully saturated rings. The topological polar surface area (TPSA) is 81.4 Å². The van der Waals surface area contributed by atoms with Gasteiger partial charge in [0, 0.05) is 5.39 Å². The van der Waals surface area contributed by atoms with Gasteiger partial charge in [-0.05, 0) is 11.5 Å². The minimum atomic E-state index is -3.87. The van der Waals surface area contributed by atoms with E-state index < -0.39 is 10.1 Å². The molecule has 0 radical (unpaired) electrons. The first-order chi connectivity index (χ1) is 7.65. The molecule has 0 unspecified atom stereocenters. The molecule has 5 nitrogen and oxygen atoms in total. The van der Waals surface area contributed by atoms with E-state index in [1.165, 1.54) is 6.07 Å². The number of hydrogen-bond acceptors (Lipinski definition) is 5. The lowest BCUT2D eigenvalue weighted by Crippen LogP contribution is -2.26. The monoisotopic (exact) mass is 238 g/mol. The van der Waals surface area contributed by atoms with Gasteiger partial charge in [-0.2, -0.15) is 12.7 Å². The van der Waals surface area contributed by atoms with Crippen molar-refractivity contribution in [2.24, 2.45) is 5.84 Å². The van der Waals surface area contributed by atoms with Crippen LogP contribution in [-0.4, -0.2) is 8.42 Å². The fraction of sp³-hybridized carbons (Fsp3) is 0. The lowest BCUT2D eigenvalue weighted by Gasteiger charge is -2.06. The molecule has 0 heterocycles. The van der Waals surface area contributed by atoms with Gasteiger partial charge in [-0.25, -0.2) is 5.84 Å². The summed E-state index contributed by atoms with van der Waals surface area (Å²) < 4.78 is 27.7. The highest BCUT2D eigenvalue weighted by molar-refractivity contribution is 7.87. The Labute approximate surface area is 92.9 Å². The molecule has 0 aliphatic carbocycles. The summed E-state index contributed by atoms with van der Waals surface area (Å²) >= 11 is 0. The average Bonchev–Trinajstić information content (AvgIpc) is 2.28. The van der Waals surface area contributed by atoms with E-state index in [1.54, 1.807) is 23.8 Å². The maximum absolute atomic E-state index is 11.7. The van der Waals surface area contributed by atoms with Crippen LogP contribution in [0.25, 0.3) is 10.8 Å². The van der Waals surface area contributed by atoms with E-state index in [9.17, 15) is 8.42 Å². The molecular formula is C10H10N2O3S. The number of hydrogen-bond donors (Lipinski definition) is 2. The van der Waals surface area contributed by atoms with Gasteiger partial charge in [0.05, 0.1) is 0 Å². The molecule has 0 saturated carbocycles. The van der Waals surface area contributed by atoms with E-state index in [2.05, 4.69) is 4.28 Å². The van der Waals surface area contributed by atoms with Crippen molar-refractivity contribution in [3.8, 4) is 0 Å². The molecule has 0 saturated heterocycles. The summed E-state index contributed by atoms with van der Waals surface area (Å²) in [4.78, 5) is 0.0866. The highest BCUT2D eigenvalue weighted by atomic mass is 32.2. The number of fused-ring (bicyclic) bond motifs is 1. The maximum Gasteiger partial charge on any atom is 0.314 e. The van der Waals surface area contributed by atoms with Crippen LogP contribution in [0.3, 0.4) is 0 Å². The summed E-state index contributed by atoms with van der Waals surface area (Å²) in [6, 6.07) is 12.1. The molecule has 0 spiro atoms. The Hall–Kier alpha value is -1.47. The molecular weight excluding hydrogens is 228 g/mol. The Morgan fingerprint density at radius 1 is 1.06 bits per heavy atom. The summed E-state index contributed by atoms with van der Waals surface area (Å²) in [5.41, 5.74) is 1.68. The van der Waals surface area contributed by atoms with Gasteiger partial charge in [0.2, 0.25) is 0 Å². The lowest BCUT2D eigenvalue weighted by molar-refractivity contribution is 0.207. The Morgan fingerprint density at radius 3 is 2.50 bits per heavy atom. The van der Waals surface area contributed by atoms with E-state index in [-0.39, 0.29) is 4.90 Å². The average molecular weight is 238 g/mol. The van der Waals surface area contributed by atoms with Gasteiger partial charge in [-0.15, -0.1) is 5.59 Å². The predicted octanol–water partition coefficient (Wildman–Crippen LogP) is 0.923. The first-order valence-electron chi connectivity index (χ1n) is 4.52. The Balaban J connectivity index is 2.70. The number of nitrogens with one attached hydrogen (secondary N) is 1. The smallest absolute Gasteiger partial charge is 0.247 e. The van der Waals surface area contributed by atoms with Crippen LogP contribution >= 0.6 is 0 Å². The van der Waals surface area contributed by atoms with Crippen LogP contribution in [0.5, 0.6) is 0 Å². The van der Waals surface area contributed by atoms with Gasteiger partial charge in [-0.3, -0.25) is 0 Å². The zero-order valence-corrected chi connectivity index (χ0v) is 9.07. The van der Waals surface area contributed by atoms with Gasteiger partial charge in [-0.1, -0.05) is 36.4 Å². The van der Waals surface area contributed by atoms with Crippen molar-refractivity contribution < 1.29 is 12.7 Å². The molecule has 2 aromatic carbocycles. The highest BCUT2D eigenvalue weighted by Gasteiger charge is 2.17. The van der Waals surface area contributed by atoms with Crippen molar-refractivity contribution in [3.63, 3.8) is 0 Å².